The van der Waals surface area contributed by atoms with Crippen LogP contribution in [0.25, 0.3) is 6.08 Å². The molecule has 0 aliphatic carbocycles. The number of carbonyl (C=O) groups is 1. The molecule has 0 amide bonds. The number of thiophene rings is 1. The maximum absolute atomic E-state index is 12.0. The van der Waals surface area contributed by atoms with Crippen molar-refractivity contribution in [3.63, 3.8) is 0 Å². The number of aryl methyl sites for hydroxylation is 1. The second-order valence-electron chi connectivity index (χ2n) is 6.10. The maximum atomic E-state index is 12.0. The Hall–Kier alpha value is -3.18. The Labute approximate surface area is 161 Å². The van der Waals surface area contributed by atoms with Gasteiger partial charge in [-0.2, -0.15) is 0 Å². The lowest BCUT2D eigenvalue weighted by atomic mass is 10.1. The first-order valence-electron chi connectivity index (χ1n) is 8.53. The van der Waals surface area contributed by atoms with Gasteiger partial charge in [-0.3, -0.25) is 0 Å². The minimum atomic E-state index is -0.432. The molecule has 0 N–H and O–H groups in total. The summed E-state index contributed by atoms with van der Waals surface area (Å²) in [4.78, 5) is 17.2. The number of nitrogens with zero attached hydrogens (tertiary/aromatic N) is 1. The van der Waals surface area contributed by atoms with Gasteiger partial charge in [0.25, 0.3) is 0 Å². The lowest BCUT2D eigenvalue weighted by Gasteiger charge is -2.08. The Balaban J connectivity index is 1.45. The van der Waals surface area contributed by atoms with Crippen LogP contribution in [0.3, 0.4) is 0 Å². The first-order valence-corrected chi connectivity index (χ1v) is 9.41. The monoisotopic (exact) mass is 375 g/mol. The van der Waals surface area contributed by atoms with Crippen molar-refractivity contribution in [3.8, 4) is 5.75 Å². The molecular weight excluding hydrogens is 358 g/mol. The number of cyclic esters (lactones) is 1. The minimum Gasteiger partial charge on any atom is -0.489 e. The largest absolute Gasteiger partial charge is 0.489 e. The molecule has 1 aliphatic rings. The molecule has 0 atom stereocenters. The molecule has 0 saturated carbocycles. The van der Waals surface area contributed by atoms with Gasteiger partial charge in [-0.1, -0.05) is 42.5 Å². The van der Waals surface area contributed by atoms with Gasteiger partial charge in [0.05, 0.1) is 4.88 Å². The van der Waals surface area contributed by atoms with Crippen LogP contribution in [-0.4, -0.2) is 11.9 Å². The van der Waals surface area contributed by atoms with Crippen molar-refractivity contribution in [1.82, 2.24) is 0 Å². The van der Waals surface area contributed by atoms with Crippen molar-refractivity contribution in [2.24, 2.45) is 4.99 Å². The molecule has 0 fully saturated rings. The molecule has 1 aliphatic heterocycles. The fraction of sp³-hybridized carbons (Fsp3) is 0.0909. The number of rotatable bonds is 5. The number of hydrogen-bond donors (Lipinski definition) is 0. The van der Waals surface area contributed by atoms with E-state index >= 15 is 0 Å². The smallest absolute Gasteiger partial charge is 0.363 e. The van der Waals surface area contributed by atoms with Crippen molar-refractivity contribution >= 4 is 29.3 Å². The minimum absolute atomic E-state index is 0.298. The molecule has 0 unspecified atom stereocenters. The summed E-state index contributed by atoms with van der Waals surface area (Å²) in [5.41, 5.74) is 3.53. The average molecular weight is 375 g/mol. The van der Waals surface area contributed by atoms with Crippen LogP contribution in [0.4, 0.5) is 0 Å². The predicted octanol–water partition coefficient (Wildman–Crippen LogP) is 4.98. The summed E-state index contributed by atoms with van der Waals surface area (Å²) in [5.74, 6) is 0.704. The molecule has 0 bridgehead atoms. The van der Waals surface area contributed by atoms with Gasteiger partial charge in [0.1, 0.15) is 12.4 Å². The fourth-order valence-electron chi connectivity index (χ4n) is 2.67. The van der Waals surface area contributed by atoms with E-state index in [0.29, 0.717) is 18.2 Å². The highest BCUT2D eigenvalue weighted by atomic mass is 32.1. The second kappa shape index (κ2) is 7.60. The van der Waals surface area contributed by atoms with E-state index in [4.69, 9.17) is 9.47 Å². The number of carbonyl (C=O) groups excluding carboxylic acids is 1. The zero-order chi connectivity index (χ0) is 18.6. The molecule has 4 rings (SSSR count). The Morgan fingerprint density at radius 3 is 2.63 bits per heavy atom. The lowest BCUT2D eigenvalue weighted by molar-refractivity contribution is -0.129. The van der Waals surface area contributed by atoms with E-state index in [-0.39, 0.29) is 0 Å². The van der Waals surface area contributed by atoms with E-state index in [0.717, 1.165) is 21.8 Å². The van der Waals surface area contributed by atoms with Gasteiger partial charge >= 0.3 is 5.97 Å². The normalized spacial score (nSPS) is 14.9. The molecule has 134 valence electrons. The van der Waals surface area contributed by atoms with Gasteiger partial charge in [-0.15, -0.1) is 11.3 Å². The Morgan fingerprint density at radius 2 is 1.89 bits per heavy atom. The number of aliphatic imine (C=N–C) groups is 1. The van der Waals surface area contributed by atoms with Gasteiger partial charge in [-0.05, 0) is 53.3 Å². The van der Waals surface area contributed by atoms with Crippen LogP contribution in [-0.2, 0) is 16.1 Å². The van der Waals surface area contributed by atoms with Crippen LogP contribution in [0.5, 0.6) is 5.75 Å². The molecular formula is C22H17NO3S. The van der Waals surface area contributed by atoms with E-state index in [1.807, 2.05) is 53.9 Å². The van der Waals surface area contributed by atoms with Crippen LogP contribution in [0.1, 0.15) is 21.6 Å². The van der Waals surface area contributed by atoms with Crippen molar-refractivity contribution in [2.45, 2.75) is 13.5 Å². The molecule has 3 aromatic rings. The second-order valence-corrected chi connectivity index (χ2v) is 7.05. The third kappa shape index (κ3) is 3.99. The summed E-state index contributed by atoms with van der Waals surface area (Å²) in [6, 6.07) is 19.5. The molecule has 0 radical (unpaired) electrons. The number of hydrogen-bond acceptors (Lipinski definition) is 5. The fourth-order valence-corrected chi connectivity index (χ4v) is 3.32. The molecule has 2 aromatic carbocycles. The van der Waals surface area contributed by atoms with Gasteiger partial charge in [0.2, 0.25) is 5.90 Å². The van der Waals surface area contributed by atoms with Crippen LogP contribution < -0.4 is 4.74 Å². The molecule has 1 aromatic heterocycles. The summed E-state index contributed by atoms with van der Waals surface area (Å²) in [7, 11) is 0. The zero-order valence-corrected chi connectivity index (χ0v) is 15.5. The Morgan fingerprint density at radius 1 is 1.07 bits per heavy atom. The first-order chi connectivity index (χ1) is 13.2. The molecule has 4 nitrogen and oxygen atoms in total. The van der Waals surface area contributed by atoms with Crippen LogP contribution >= 0.6 is 11.3 Å². The van der Waals surface area contributed by atoms with Gasteiger partial charge in [0, 0.05) is 0 Å². The van der Waals surface area contributed by atoms with Crippen molar-refractivity contribution in [3.05, 3.63) is 93.3 Å². The van der Waals surface area contributed by atoms with Gasteiger partial charge in [-0.25, -0.2) is 9.79 Å². The molecule has 0 spiro atoms. The van der Waals surface area contributed by atoms with Crippen LogP contribution in [0.2, 0.25) is 0 Å². The Bertz CT molecular complexity index is 1020. The maximum Gasteiger partial charge on any atom is 0.363 e. The standard InChI is InChI=1S/C22H17NO3S/c1-15-5-2-3-6-17(15)14-25-18-10-8-16(9-11-18)13-19-22(24)26-21(23-19)20-7-4-12-27-20/h2-13H,14H2,1H3. The van der Waals surface area contributed by atoms with Crippen LogP contribution in [0, 0.1) is 6.92 Å². The summed E-state index contributed by atoms with van der Waals surface area (Å²) in [6.45, 7) is 2.59. The van der Waals surface area contributed by atoms with E-state index in [2.05, 4.69) is 24.0 Å². The number of ether oxygens (including phenoxy) is 2. The summed E-state index contributed by atoms with van der Waals surface area (Å²) in [5, 5.41) is 1.92. The van der Waals surface area contributed by atoms with Crippen molar-refractivity contribution < 1.29 is 14.3 Å². The number of esters is 1. The third-order valence-electron chi connectivity index (χ3n) is 4.19. The van der Waals surface area contributed by atoms with E-state index < -0.39 is 5.97 Å². The summed E-state index contributed by atoms with van der Waals surface area (Å²) >= 11 is 1.49. The highest BCUT2D eigenvalue weighted by Gasteiger charge is 2.24. The first kappa shape index (κ1) is 17.2. The highest BCUT2D eigenvalue weighted by molar-refractivity contribution is 7.12. The Kier molecular flexibility index (Phi) is 4.85. The van der Waals surface area contributed by atoms with Crippen LogP contribution in [0.15, 0.2) is 76.7 Å². The summed E-state index contributed by atoms with van der Waals surface area (Å²) < 4.78 is 11.1. The summed E-state index contributed by atoms with van der Waals surface area (Å²) in [6.07, 6.45) is 1.72. The van der Waals surface area contributed by atoms with E-state index in [1.165, 1.54) is 16.9 Å². The predicted molar refractivity (Wildman–Crippen MR) is 107 cm³/mol. The van der Waals surface area contributed by atoms with Gasteiger partial charge in [0.15, 0.2) is 5.70 Å². The highest BCUT2D eigenvalue weighted by Crippen LogP contribution is 2.23. The molecule has 5 heteroatoms. The molecule has 2 heterocycles. The average Bonchev–Trinajstić information content (AvgIpc) is 3.33. The SMILES string of the molecule is Cc1ccccc1COc1ccc(C=C2N=C(c3cccs3)OC2=O)cc1. The topological polar surface area (TPSA) is 47.9 Å². The van der Waals surface area contributed by atoms with Crippen molar-refractivity contribution in [1.29, 1.82) is 0 Å². The van der Waals surface area contributed by atoms with E-state index in [1.54, 1.807) is 6.08 Å². The molecule has 27 heavy (non-hydrogen) atoms. The van der Waals surface area contributed by atoms with Gasteiger partial charge < -0.3 is 9.47 Å². The van der Waals surface area contributed by atoms with E-state index in [9.17, 15) is 4.79 Å². The molecule has 0 saturated heterocycles. The third-order valence-corrected chi connectivity index (χ3v) is 5.05. The number of benzene rings is 2. The van der Waals surface area contributed by atoms with Crippen molar-refractivity contribution in [2.75, 3.05) is 0 Å². The zero-order valence-electron chi connectivity index (χ0n) is 14.7. The lowest BCUT2D eigenvalue weighted by Crippen LogP contribution is -2.03. The quantitative estimate of drug-likeness (QED) is 0.467.